The second-order valence-electron chi connectivity index (χ2n) is 6.16. The molecule has 0 aromatic heterocycles. The summed E-state index contributed by atoms with van der Waals surface area (Å²) >= 11 is 0. The van der Waals surface area contributed by atoms with Crippen LogP contribution in [-0.4, -0.2) is 14.5 Å². The Balaban J connectivity index is 2.79. The highest BCUT2D eigenvalue weighted by molar-refractivity contribution is 6.74. The van der Waals surface area contributed by atoms with E-state index in [-0.39, 0.29) is 5.04 Å². The van der Waals surface area contributed by atoms with Gasteiger partial charge in [0.05, 0.1) is 0 Å². The number of nitrogens with zero attached hydrogens (tertiary/aromatic N) is 1. The van der Waals surface area contributed by atoms with Crippen LogP contribution in [0.4, 0.5) is 0 Å². The molecule has 0 spiro atoms. The van der Waals surface area contributed by atoms with Gasteiger partial charge in [-0.1, -0.05) is 51.1 Å². The molecule has 0 aliphatic rings. The number of benzene rings is 1. The molecule has 0 saturated heterocycles. The summed E-state index contributed by atoms with van der Waals surface area (Å²) in [5.74, 6) is 0.718. The van der Waals surface area contributed by atoms with Crippen molar-refractivity contribution in [3.63, 3.8) is 0 Å². The second kappa shape index (κ2) is 6.20. The van der Waals surface area contributed by atoms with Crippen LogP contribution in [0.1, 0.15) is 33.3 Å². The summed E-state index contributed by atoms with van der Waals surface area (Å²) in [4.78, 5) is 4.46. The molecule has 19 heavy (non-hydrogen) atoms. The number of hydrogen-bond acceptors (Lipinski definition) is 2. The van der Waals surface area contributed by atoms with E-state index in [2.05, 4.69) is 38.9 Å². The van der Waals surface area contributed by atoms with E-state index in [1.807, 2.05) is 49.5 Å². The zero-order valence-corrected chi connectivity index (χ0v) is 13.9. The van der Waals surface area contributed by atoms with Crippen molar-refractivity contribution >= 4 is 14.5 Å². The number of allylic oxidation sites excluding steroid dienone is 1. The fourth-order valence-corrected chi connectivity index (χ4v) is 2.25. The van der Waals surface area contributed by atoms with Crippen LogP contribution < -0.4 is 0 Å². The van der Waals surface area contributed by atoms with Crippen molar-refractivity contribution in [3.05, 3.63) is 47.9 Å². The van der Waals surface area contributed by atoms with E-state index in [0.29, 0.717) is 0 Å². The van der Waals surface area contributed by atoms with Crippen LogP contribution in [-0.2, 0) is 4.43 Å². The van der Waals surface area contributed by atoms with Crippen molar-refractivity contribution in [1.82, 2.24) is 0 Å². The van der Waals surface area contributed by atoms with E-state index >= 15 is 0 Å². The Morgan fingerprint density at radius 2 is 1.74 bits per heavy atom. The molecular weight excluding hydrogens is 250 g/mol. The molecule has 0 amide bonds. The first-order valence-corrected chi connectivity index (χ1v) is 9.61. The molecular formula is C16H25NOSi. The molecule has 1 aromatic rings. The predicted molar refractivity (Wildman–Crippen MR) is 86.1 cm³/mol. The van der Waals surface area contributed by atoms with Crippen LogP contribution in [0.25, 0.3) is 0 Å². The molecule has 104 valence electrons. The van der Waals surface area contributed by atoms with E-state index in [0.717, 1.165) is 11.4 Å². The van der Waals surface area contributed by atoms with Crippen molar-refractivity contribution in [1.29, 1.82) is 0 Å². The van der Waals surface area contributed by atoms with E-state index in [4.69, 9.17) is 4.43 Å². The van der Waals surface area contributed by atoms with Crippen molar-refractivity contribution < 1.29 is 4.43 Å². The van der Waals surface area contributed by atoms with Crippen LogP contribution in [0.2, 0.25) is 18.1 Å². The maximum Gasteiger partial charge on any atom is 0.252 e. The summed E-state index contributed by atoms with van der Waals surface area (Å²) in [6, 6.07) is 10.1. The third-order valence-electron chi connectivity index (χ3n) is 3.55. The maximum atomic E-state index is 6.18. The average Bonchev–Trinajstić information content (AvgIpc) is 2.34. The van der Waals surface area contributed by atoms with E-state index in [9.17, 15) is 0 Å². The predicted octanol–water partition coefficient (Wildman–Crippen LogP) is 4.99. The summed E-state index contributed by atoms with van der Waals surface area (Å²) < 4.78 is 6.18. The first-order chi connectivity index (χ1) is 8.76. The van der Waals surface area contributed by atoms with Gasteiger partial charge in [-0.2, -0.15) is 0 Å². The summed E-state index contributed by atoms with van der Waals surface area (Å²) in [5.41, 5.74) is 1.08. The van der Waals surface area contributed by atoms with Gasteiger partial charge in [0.25, 0.3) is 8.32 Å². The van der Waals surface area contributed by atoms with Gasteiger partial charge in [-0.15, -0.1) is 0 Å². The van der Waals surface area contributed by atoms with Crippen LogP contribution in [0.3, 0.4) is 0 Å². The van der Waals surface area contributed by atoms with Gasteiger partial charge in [-0.05, 0) is 36.7 Å². The van der Waals surface area contributed by atoms with Crippen molar-refractivity contribution in [2.45, 2.75) is 45.8 Å². The Bertz CT molecular complexity index is 455. The average molecular weight is 275 g/mol. The van der Waals surface area contributed by atoms with Crippen LogP contribution in [0.5, 0.6) is 0 Å². The monoisotopic (exact) mass is 275 g/mol. The van der Waals surface area contributed by atoms with Gasteiger partial charge >= 0.3 is 0 Å². The van der Waals surface area contributed by atoms with E-state index in [1.54, 1.807) is 0 Å². The molecule has 0 fully saturated rings. The zero-order valence-electron chi connectivity index (χ0n) is 12.9. The lowest BCUT2D eigenvalue weighted by molar-refractivity contribution is 0.380. The molecule has 3 heteroatoms. The Hall–Kier alpha value is -1.35. The minimum absolute atomic E-state index is 0.184. The molecule has 2 nitrogen and oxygen atoms in total. The van der Waals surface area contributed by atoms with Crippen LogP contribution >= 0.6 is 0 Å². The van der Waals surface area contributed by atoms with Crippen molar-refractivity contribution in [2.75, 3.05) is 0 Å². The minimum atomic E-state index is -1.81. The Kier molecular flexibility index (Phi) is 5.12. The molecule has 0 heterocycles. The third-order valence-corrected chi connectivity index (χ3v) is 7.89. The van der Waals surface area contributed by atoms with Gasteiger partial charge in [0.2, 0.25) is 0 Å². The van der Waals surface area contributed by atoms with Crippen molar-refractivity contribution in [3.8, 4) is 0 Å². The van der Waals surface area contributed by atoms with E-state index < -0.39 is 8.32 Å². The number of rotatable bonds is 4. The first kappa shape index (κ1) is 15.7. The molecule has 0 atom stereocenters. The molecule has 0 radical (unpaired) electrons. The van der Waals surface area contributed by atoms with Gasteiger partial charge in [0.1, 0.15) is 0 Å². The highest BCUT2D eigenvalue weighted by Crippen LogP contribution is 2.37. The Labute approximate surface area is 118 Å². The molecule has 0 bridgehead atoms. The van der Waals surface area contributed by atoms with Gasteiger partial charge < -0.3 is 4.43 Å². The highest BCUT2D eigenvalue weighted by atomic mass is 28.4. The summed E-state index contributed by atoms with van der Waals surface area (Å²) in [6.07, 6.45) is 3.78. The molecule has 0 aliphatic carbocycles. The SMILES string of the molecule is C/C=C(\N=C\c1ccccc1)O[Si](C)(C)C(C)(C)C. The Morgan fingerprint density at radius 1 is 1.16 bits per heavy atom. The van der Waals surface area contributed by atoms with Gasteiger partial charge in [0, 0.05) is 6.21 Å². The lowest BCUT2D eigenvalue weighted by atomic mass is 10.2. The number of aliphatic imine (C=N–C) groups is 1. The first-order valence-electron chi connectivity index (χ1n) is 6.71. The summed E-state index contributed by atoms with van der Waals surface area (Å²) in [7, 11) is -1.81. The van der Waals surface area contributed by atoms with Gasteiger partial charge in [-0.3, -0.25) is 0 Å². The Morgan fingerprint density at radius 3 is 2.21 bits per heavy atom. The highest BCUT2D eigenvalue weighted by Gasteiger charge is 2.39. The lowest BCUT2D eigenvalue weighted by Crippen LogP contribution is -2.40. The summed E-state index contributed by atoms with van der Waals surface area (Å²) in [5, 5.41) is 0.184. The fourth-order valence-electron chi connectivity index (χ4n) is 1.25. The van der Waals surface area contributed by atoms with Gasteiger partial charge in [-0.25, -0.2) is 4.99 Å². The summed E-state index contributed by atoms with van der Waals surface area (Å²) in [6.45, 7) is 13.1. The van der Waals surface area contributed by atoms with Crippen molar-refractivity contribution in [2.24, 2.45) is 4.99 Å². The molecule has 0 aliphatic heterocycles. The van der Waals surface area contributed by atoms with Crippen LogP contribution in [0, 0.1) is 0 Å². The molecule has 0 N–H and O–H groups in total. The largest absolute Gasteiger partial charge is 0.531 e. The number of hydrogen-bond donors (Lipinski definition) is 0. The normalized spacial score (nSPS) is 13.9. The van der Waals surface area contributed by atoms with Gasteiger partial charge in [0.15, 0.2) is 5.88 Å². The smallest absolute Gasteiger partial charge is 0.252 e. The zero-order chi connectivity index (χ0) is 14.5. The standard InChI is InChI=1S/C16H25NOSi/c1-7-15(18-19(5,6)16(2,3)4)17-13-14-11-9-8-10-12-14/h7-13H,1-6H3/b15-7+,17-13+. The molecule has 1 rings (SSSR count). The minimum Gasteiger partial charge on any atom is -0.531 e. The van der Waals surface area contributed by atoms with E-state index in [1.165, 1.54) is 0 Å². The molecule has 0 saturated carbocycles. The second-order valence-corrected chi connectivity index (χ2v) is 10.9. The maximum absolute atomic E-state index is 6.18. The topological polar surface area (TPSA) is 21.6 Å². The molecule has 1 aromatic carbocycles. The van der Waals surface area contributed by atoms with Crippen LogP contribution in [0.15, 0.2) is 47.3 Å². The fraction of sp³-hybridized carbons (Fsp3) is 0.438. The third kappa shape index (κ3) is 4.67. The molecule has 0 unspecified atom stereocenters. The quantitative estimate of drug-likeness (QED) is 0.431. The lowest BCUT2D eigenvalue weighted by Gasteiger charge is -2.36.